The first kappa shape index (κ1) is 28.2. The molecule has 0 aliphatic carbocycles. The quantitative estimate of drug-likeness (QED) is 0.244. The van der Waals surface area contributed by atoms with Crippen molar-refractivity contribution < 1.29 is 19.1 Å². The second kappa shape index (κ2) is 15.9. The molecule has 0 saturated carbocycles. The molecule has 32 heavy (non-hydrogen) atoms. The summed E-state index contributed by atoms with van der Waals surface area (Å²) in [6.45, 7) is 14.0. The smallest absolute Gasteiger partial charge is 0.339 e. The Labute approximate surface area is 196 Å². The molecule has 4 atom stereocenters. The lowest BCUT2D eigenvalue weighted by molar-refractivity contribution is 0.0379. The molecule has 0 heterocycles. The summed E-state index contributed by atoms with van der Waals surface area (Å²) in [4.78, 5) is 25.5. The van der Waals surface area contributed by atoms with Crippen molar-refractivity contribution in [2.24, 2.45) is 23.7 Å². The Morgan fingerprint density at radius 1 is 0.656 bits per heavy atom. The van der Waals surface area contributed by atoms with E-state index in [0.29, 0.717) is 48.0 Å². The van der Waals surface area contributed by atoms with E-state index < -0.39 is 11.9 Å². The molecule has 0 aromatic heterocycles. The molecule has 0 N–H and O–H groups in total. The van der Waals surface area contributed by atoms with Gasteiger partial charge in [0.1, 0.15) is 0 Å². The van der Waals surface area contributed by atoms with Gasteiger partial charge in [-0.15, -0.1) is 0 Å². The highest BCUT2D eigenvalue weighted by Gasteiger charge is 2.21. The van der Waals surface area contributed by atoms with E-state index in [1.165, 1.54) is 12.8 Å². The first-order valence-electron chi connectivity index (χ1n) is 12.8. The number of benzene rings is 1. The second-order valence-electron chi connectivity index (χ2n) is 9.47. The summed E-state index contributed by atoms with van der Waals surface area (Å²) in [5.74, 6) is 1.19. The number of esters is 2. The molecule has 0 radical (unpaired) electrons. The summed E-state index contributed by atoms with van der Waals surface area (Å²) < 4.78 is 11.2. The van der Waals surface area contributed by atoms with E-state index in [1.54, 1.807) is 24.3 Å². The summed E-state index contributed by atoms with van der Waals surface area (Å²) in [6, 6.07) is 6.82. The van der Waals surface area contributed by atoms with E-state index in [1.807, 2.05) is 0 Å². The van der Waals surface area contributed by atoms with Gasteiger partial charge in [0.2, 0.25) is 0 Å². The fraction of sp³-hybridized carbons (Fsp3) is 0.714. The van der Waals surface area contributed by atoms with Gasteiger partial charge in [0.25, 0.3) is 0 Å². The Bertz CT molecular complexity index is 612. The van der Waals surface area contributed by atoms with Crippen LogP contribution in [0.25, 0.3) is 0 Å². The monoisotopic (exact) mass is 446 g/mol. The molecule has 4 unspecified atom stereocenters. The number of hydrogen-bond donors (Lipinski definition) is 0. The Hall–Kier alpha value is -1.84. The highest BCUT2D eigenvalue weighted by molar-refractivity contribution is 6.03. The summed E-state index contributed by atoms with van der Waals surface area (Å²) in [6.07, 6.45) is 8.68. The van der Waals surface area contributed by atoms with E-state index in [-0.39, 0.29) is 0 Å². The summed E-state index contributed by atoms with van der Waals surface area (Å²) in [5.41, 5.74) is 0.587. The van der Waals surface area contributed by atoms with E-state index >= 15 is 0 Å². The third-order valence-electron chi connectivity index (χ3n) is 6.95. The lowest BCUT2D eigenvalue weighted by Gasteiger charge is -2.18. The Balaban J connectivity index is 2.67. The minimum Gasteiger partial charge on any atom is -0.462 e. The Kier molecular flexibility index (Phi) is 14.0. The summed E-state index contributed by atoms with van der Waals surface area (Å²) >= 11 is 0. The first-order chi connectivity index (χ1) is 15.4. The van der Waals surface area contributed by atoms with Crippen LogP contribution in [0.5, 0.6) is 0 Å². The van der Waals surface area contributed by atoms with Gasteiger partial charge in [-0.05, 0) is 48.6 Å². The van der Waals surface area contributed by atoms with E-state index in [2.05, 4.69) is 41.5 Å². The molecular formula is C28H46O4. The maximum atomic E-state index is 12.8. The van der Waals surface area contributed by atoms with Crippen molar-refractivity contribution in [1.29, 1.82) is 0 Å². The summed E-state index contributed by atoms with van der Waals surface area (Å²) in [5, 5.41) is 0. The van der Waals surface area contributed by atoms with Crippen molar-refractivity contribution >= 4 is 11.9 Å². The van der Waals surface area contributed by atoms with Gasteiger partial charge in [0, 0.05) is 0 Å². The van der Waals surface area contributed by atoms with Gasteiger partial charge in [-0.1, -0.05) is 92.2 Å². The highest BCUT2D eigenvalue weighted by Crippen LogP contribution is 2.21. The maximum absolute atomic E-state index is 12.8. The fourth-order valence-electron chi connectivity index (χ4n) is 3.64. The van der Waals surface area contributed by atoms with Crippen LogP contribution in [0.1, 0.15) is 114 Å². The zero-order valence-corrected chi connectivity index (χ0v) is 21.3. The van der Waals surface area contributed by atoms with Crippen molar-refractivity contribution in [3.05, 3.63) is 35.4 Å². The van der Waals surface area contributed by atoms with E-state index in [0.717, 1.165) is 38.5 Å². The number of hydrogen-bond acceptors (Lipinski definition) is 4. The number of ether oxygens (including phenoxy) is 2. The standard InChI is InChI=1S/C28H46O4/c1-7-21(5)15-17-23(9-3)19-31-27(29)25-13-11-12-14-26(25)28(30)32-20-24(10-4)18-16-22(6)8-2/h11-14,21-24H,7-10,15-20H2,1-6H3. The van der Waals surface area contributed by atoms with Crippen LogP contribution in [0.3, 0.4) is 0 Å². The van der Waals surface area contributed by atoms with E-state index in [4.69, 9.17) is 9.47 Å². The maximum Gasteiger partial charge on any atom is 0.339 e. The predicted molar refractivity (Wildman–Crippen MR) is 132 cm³/mol. The van der Waals surface area contributed by atoms with Crippen LogP contribution in [-0.2, 0) is 9.47 Å². The van der Waals surface area contributed by atoms with Crippen molar-refractivity contribution in [2.45, 2.75) is 92.9 Å². The zero-order valence-electron chi connectivity index (χ0n) is 21.3. The number of carbonyl (C=O) groups is 2. The largest absolute Gasteiger partial charge is 0.462 e. The minimum absolute atomic E-state index is 0.293. The number of rotatable bonds is 16. The van der Waals surface area contributed by atoms with Crippen LogP contribution in [0, 0.1) is 23.7 Å². The molecule has 1 aromatic carbocycles. The third kappa shape index (κ3) is 10.2. The highest BCUT2D eigenvalue weighted by atomic mass is 16.5. The molecule has 0 bridgehead atoms. The first-order valence-corrected chi connectivity index (χ1v) is 12.8. The van der Waals surface area contributed by atoms with Crippen molar-refractivity contribution in [3.63, 3.8) is 0 Å². The van der Waals surface area contributed by atoms with Crippen molar-refractivity contribution in [1.82, 2.24) is 0 Å². The average molecular weight is 447 g/mol. The van der Waals surface area contributed by atoms with Gasteiger partial charge < -0.3 is 9.47 Å². The second-order valence-corrected chi connectivity index (χ2v) is 9.47. The Morgan fingerprint density at radius 2 is 1.03 bits per heavy atom. The average Bonchev–Trinajstić information content (AvgIpc) is 2.83. The van der Waals surface area contributed by atoms with Crippen LogP contribution >= 0.6 is 0 Å². The van der Waals surface area contributed by atoms with Crippen LogP contribution in [0.15, 0.2) is 24.3 Å². The normalized spacial score (nSPS) is 14.9. The van der Waals surface area contributed by atoms with Gasteiger partial charge >= 0.3 is 11.9 Å². The van der Waals surface area contributed by atoms with Gasteiger partial charge in [-0.25, -0.2) is 9.59 Å². The lowest BCUT2D eigenvalue weighted by atomic mass is 9.94. The minimum atomic E-state index is -0.441. The van der Waals surface area contributed by atoms with Crippen LogP contribution in [-0.4, -0.2) is 25.2 Å². The Morgan fingerprint density at radius 3 is 1.34 bits per heavy atom. The molecule has 182 valence electrons. The molecule has 1 rings (SSSR count). The molecule has 0 amide bonds. The van der Waals surface area contributed by atoms with E-state index in [9.17, 15) is 9.59 Å². The molecule has 0 spiro atoms. The topological polar surface area (TPSA) is 52.6 Å². The van der Waals surface area contributed by atoms with Crippen molar-refractivity contribution in [2.75, 3.05) is 13.2 Å². The SMILES string of the molecule is CCC(C)CCC(CC)COC(=O)c1ccccc1C(=O)OCC(CC)CCC(C)CC. The van der Waals surface area contributed by atoms with Crippen LogP contribution < -0.4 is 0 Å². The number of carbonyl (C=O) groups excluding carboxylic acids is 2. The van der Waals surface area contributed by atoms with Gasteiger partial charge in [-0.3, -0.25) is 0 Å². The van der Waals surface area contributed by atoms with Crippen molar-refractivity contribution in [3.8, 4) is 0 Å². The molecule has 0 aliphatic rings. The van der Waals surface area contributed by atoms with Crippen LogP contribution in [0.4, 0.5) is 0 Å². The summed E-state index contributed by atoms with van der Waals surface area (Å²) in [7, 11) is 0. The molecular weight excluding hydrogens is 400 g/mol. The fourth-order valence-corrected chi connectivity index (χ4v) is 3.64. The molecule has 1 aromatic rings. The van der Waals surface area contributed by atoms with Gasteiger partial charge in [0.05, 0.1) is 24.3 Å². The molecule has 4 nitrogen and oxygen atoms in total. The molecule has 0 saturated heterocycles. The molecule has 0 aliphatic heterocycles. The van der Waals surface area contributed by atoms with Crippen LogP contribution in [0.2, 0.25) is 0 Å². The molecule has 0 fully saturated rings. The predicted octanol–water partition coefficient (Wildman–Crippen LogP) is 7.71. The van der Waals surface area contributed by atoms with Gasteiger partial charge in [-0.2, -0.15) is 0 Å². The lowest BCUT2D eigenvalue weighted by Crippen LogP contribution is -2.19. The molecule has 4 heteroatoms. The zero-order chi connectivity index (χ0) is 23.9. The van der Waals surface area contributed by atoms with Gasteiger partial charge in [0.15, 0.2) is 0 Å². The third-order valence-corrected chi connectivity index (χ3v) is 6.95.